The van der Waals surface area contributed by atoms with Gasteiger partial charge in [-0.05, 0) is 55.8 Å². The lowest BCUT2D eigenvalue weighted by molar-refractivity contribution is 0.296. The van der Waals surface area contributed by atoms with Gasteiger partial charge in [0, 0.05) is 0 Å². The first kappa shape index (κ1) is 18.0. The van der Waals surface area contributed by atoms with E-state index in [0.29, 0.717) is 0 Å². The average Bonchev–Trinajstić information content (AvgIpc) is 2.42. The largest absolute Gasteiger partial charge is 0.493 e. The average molecular weight is 291 g/mol. The second-order valence-electron chi connectivity index (χ2n) is 6.86. The van der Waals surface area contributed by atoms with E-state index in [-0.39, 0.29) is 5.41 Å². The summed E-state index contributed by atoms with van der Waals surface area (Å²) in [6.45, 7) is 14.1. The van der Waals surface area contributed by atoms with E-state index in [1.165, 1.54) is 30.4 Å². The van der Waals surface area contributed by atoms with Crippen LogP contribution >= 0.6 is 0 Å². The molecule has 0 saturated heterocycles. The Morgan fingerprint density at radius 3 is 2.43 bits per heavy atom. The van der Waals surface area contributed by atoms with Gasteiger partial charge in [-0.15, -0.1) is 0 Å². The molecule has 0 fully saturated rings. The quantitative estimate of drug-likeness (QED) is 0.657. The number of ether oxygens (including phenoxy) is 1. The van der Waals surface area contributed by atoms with Gasteiger partial charge in [-0.3, -0.25) is 0 Å². The van der Waals surface area contributed by atoms with E-state index in [2.05, 4.69) is 58.1 Å². The fraction of sp³-hybridized carbons (Fsp3) is 0.684. The Balaban J connectivity index is 2.38. The molecule has 0 atom stereocenters. The third-order valence-electron chi connectivity index (χ3n) is 3.72. The van der Waals surface area contributed by atoms with E-state index in [0.717, 1.165) is 31.9 Å². The van der Waals surface area contributed by atoms with Crippen molar-refractivity contribution in [3.05, 3.63) is 29.3 Å². The molecular formula is C19H33NO. The van der Waals surface area contributed by atoms with Crippen LogP contribution in [0.3, 0.4) is 0 Å². The van der Waals surface area contributed by atoms with E-state index in [1.807, 2.05) is 0 Å². The van der Waals surface area contributed by atoms with Gasteiger partial charge >= 0.3 is 0 Å². The van der Waals surface area contributed by atoms with Crippen LogP contribution < -0.4 is 10.1 Å². The Kier molecular flexibility index (Phi) is 7.81. The number of unbranched alkanes of at least 4 members (excludes halogenated alkanes) is 2. The number of benzene rings is 1. The molecule has 0 heterocycles. The van der Waals surface area contributed by atoms with E-state index >= 15 is 0 Å². The molecule has 0 amide bonds. The number of para-hydroxylation sites is 1. The molecule has 0 aromatic heterocycles. The van der Waals surface area contributed by atoms with Crippen LogP contribution in [0.5, 0.6) is 5.75 Å². The van der Waals surface area contributed by atoms with Gasteiger partial charge in [0.15, 0.2) is 0 Å². The maximum Gasteiger partial charge on any atom is 0.125 e. The van der Waals surface area contributed by atoms with Gasteiger partial charge in [-0.25, -0.2) is 0 Å². The van der Waals surface area contributed by atoms with E-state index < -0.39 is 0 Å². The van der Waals surface area contributed by atoms with Gasteiger partial charge in [-0.2, -0.15) is 0 Å². The first-order valence-corrected chi connectivity index (χ1v) is 8.40. The van der Waals surface area contributed by atoms with Gasteiger partial charge < -0.3 is 10.1 Å². The summed E-state index contributed by atoms with van der Waals surface area (Å²) in [5.74, 6) is 1.09. The lowest BCUT2D eigenvalue weighted by Gasteiger charge is -2.24. The SMILES string of the molecule is CCCCNCCCCOc1c(C)cccc1C(C)(C)C. The molecule has 0 bridgehead atoms. The van der Waals surface area contributed by atoms with Crippen LogP contribution in [0.1, 0.15) is 64.5 Å². The summed E-state index contributed by atoms with van der Waals surface area (Å²) in [6, 6.07) is 6.45. The number of nitrogens with one attached hydrogen (secondary N) is 1. The molecule has 0 saturated carbocycles. The van der Waals surface area contributed by atoms with Crippen molar-refractivity contribution in [2.24, 2.45) is 0 Å². The van der Waals surface area contributed by atoms with Crippen molar-refractivity contribution in [2.75, 3.05) is 19.7 Å². The van der Waals surface area contributed by atoms with Crippen LogP contribution in [-0.2, 0) is 5.41 Å². The molecule has 0 radical (unpaired) electrons. The number of hydrogen-bond acceptors (Lipinski definition) is 2. The second kappa shape index (κ2) is 9.09. The highest BCUT2D eigenvalue weighted by Gasteiger charge is 2.19. The van der Waals surface area contributed by atoms with Crippen molar-refractivity contribution in [2.45, 2.75) is 65.7 Å². The third-order valence-corrected chi connectivity index (χ3v) is 3.72. The molecule has 0 spiro atoms. The number of aryl methyl sites for hydroxylation is 1. The van der Waals surface area contributed by atoms with Crippen molar-refractivity contribution in [3.8, 4) is 5.75 Å². The minimum atomic E-state index is 0.128. The summed E-state index contributed by atoms with van der Waals surface area (Å²) in [7, 11) is 0. The minimum Gasteiger partial charge on any atom is -0.493 e. The highest BCUT2D eigenvalue weighted by Crippen LogP contribution is 2.33. The molecule has 0 aliphatic heterocycles. The first-order chi connectivity index (χ1) is 9.96. The monoisotopic (exact) mass is 291 g/mol. The van der Waals surface area contributed by atoms with Crippen LogP contribution in [0, 0.1) is 6.92 Å². The maximum atomic E-state index is 6.09. The standard InChI is InChI=1S/C19H33NO/c1-6-7-13-20-14-8-9-15-21-18-16(2)11-10-12-17(18)19(3,4)5/h10-12,20H,6-9,13-15H2,1-5H3. The molecule has 120 valence electrons. The summed E-state index contributed by atoms with van der Waals surface area (Å²) in [5.41, 5.74) is 2.68. The predicted octanol–water partition coefficient (Wildman–Crippen LogP) is 4.84. The number of hydrogen-bond donors (Lipinski definition) is 1. The Bertz CT molecular complexity index is 407. The fourth-order valence-electron chi connectivity index (χ4n) is 2.39. The van der Waals surface area contributed by atoms with E-state index in [1.54, 1.807) is 0 Å². The summed E-state index contributed by atoms with van der Waals surface area (Å²) in [4.78, 5) is 0. The van der Waals surface area contributed by atoms with Gasteiger partial charge in [0.25, 0.3) is 0 Å². The summed E-state index contributed by atoms with van der Waals surface area (Å²) >= 11 is 0. The maximum absolute atomic E-state index is 6.09. The summed E-state index contributed by atoms with van der Waals surface area (Å²) in [5, 5.41) is 3.48. The number of rotatable bonds is 9. The van der Waals surface area contributed by atoms with E-state index in [4.69, 9.17) is 4.74 Å². The zero-order valence-corrected chi connectivity index (χ0v) is 14.6. The Morgan fingerprint density at radius 2 is 1.76 bits per heavy atom. The zero-order chi connectivity index (χ0) is 15.7. The molecule has 2 nitrogen and oxygen atoms in total. The topological polar surface area (TPSA) is 21.3 Å². The van der Waals surface area contributed by atoms with Gasteiger partial charge in [0.2, 0.25) is 0 Å². The van der Waals surface area contributed by atoms with Crippen LogP contribution in [-0.4, -0.2) is 19.7 Å². The zero-order valence-electron chi connectivity index (χ0n) is 14.6. The molecule has 21 heavy (non-hydrogen) atoms. The summed E-state index contributed by atoms with van der Waals surface area (Å²) < 4.78 is 6.09. The summed E-state index contributed by atoms with van der Waals surface area (Å²) in [6.07, 6.45) is 4.82. The molecule has 0 aliphatic carbocycles. The molecule has 1 N–H and O–H groups in total. The van der Waals surface area contributed by atoms with Crippen molar-refractivity contribution in [1.82, 2.24) is 5.32 Å². The molecule has 0 aliphatic rings. The molecule has 0 unspecified atom stereocenters. The van der Waals surface area contributed by atoms with Crippen molar-refractivity contribution in [3.63, 3.8) is 0 Å². The second-order valence-corrected chi connectivity index (χ2v) is 6.86. The molecule has 1 aromatic rings. The highest BCUT2D eigenvalue weighted by molar-refractivity contribution is 5.44. The van der Waals surface area contributed by atoms with Crippen LogP contribution in [0.25, 0.3) is 0 Å². The Hall–Kier alpha value is -1.02. The van der Waals surface area contributed by atoms with Crippen molar-refractivity contribution >= 4 is 0 Å². The lowest BCUT2D eigenvalue weighted by atomic mass is 9.85. The van der Waals surface area contributed by atoms with Crippen molar-refractivity contribution in [1.29, 1.82) is 0 Å². The smallest absolute Gasteiger partial charge is 0.125 e. The molecule has 2 heteroatoms. The Morgan fingerprint density at radius 1 is 1.05 bits per heavy atom. The van der Waals surface area contributed by atoms with Gasteiger partial charge in [-0.1, -0.05) is 52.3 Å². The molecular weight excluding hydrogens is 258 g/mol. The minimum absolute atomic E-state index is 0.128. The van der Waals surface area contributed by atoms with E-state index in [9.17, 15) is 0 Å². The first-order valence-electron chi connectivity index (χ1n) is 8.40. The van der Waals surface area contributed by atoms with Crippen LogP contribution in [0.15, 0.2) is 18.2 Å². The molecule has 1 rings (SSSR count). The lowest BCUT2D eigenvalue weighted by Crippen LogP contribution is -2.17. The molecule has 1 aromatic carbocycles. The third kappa shape index (κ3) is 6.52. The van der Waals surface area contributed by atoms with Gasteiger partial charge in [0.1, 0.15) is 5.75 Å². The normalized spacial score (nSPS) is 11.7. The van der Waals surface area contributed by atoms with Crippen LogP contribution in [0.4, 0.5) is 0 Å². The Labute approximate surface area is 131 Å². The predicted molar refractivity (Wildman–Crippen MR) is 92.4 cm³/mol. The van der Waals surface area contributed by atoms with Gasteiger partial charge in [0.05, 0.1) is 6.61 Å². The van der Waals surface area contributed by atoms with Crippen LogP contribution in [0.2, 0.25) is 0 Å². The fourth-order valence-corrected chi connectivity index (χ4v) is 2.39. The highest BCUT2D eigenvalue weighted by atomic mass is 16.5. The van der Waals surface area contributed by atoms with Crippen molar-refractivity contribution < 1.29 is 4.74 Å².